The Labute approximate surface area is 130 Å². The fourth-order valence-electron chi connectivity index (χ4n) is 2.33. The van der Waals surface area contributed by atoms with Crippen LogP contribution in [0.3, 0.4) is 0 Å². The maximum Gasteiger partial charge on any atom is 0.241 e. The molecule has 22 heavy (non-hydrogen) atoms. The van der Waals surface area contributed by atoms with E-state index in [-0.39, 0.29) is 11.9 Å². The van der Waals surface area contributed by atoms with Crippen molar-refractivity contribution in [1.29, 1.82) is 0 Å². The first-order valence-corrected chi connectivity index (χ1v) is 7.36. The summed E-state index contributed by atoms with van der Waals surface area (Å²) >= 11 is 0. The van der Waals surface area contributed by atoms with Gasteiger partial charge in [0.05, 0.1) is 0 Å². The number of rotatable bonds is 6. The number of nitrogens with one attached hydrogen (secondary N) is 2. The molecule has 0 aliphatic rings. The molecule has 0 bridgehead atoms. The van der Waals surface area contributed by atoms with E-state index in [2.05, 4.69) is 20.5 Å². The van der Waals surface area contributed by atoms with Crippen molar-refractivity contribution in [3.63, 3.8) is 0 Å². The zero-order chi connectivity index (χ0) is 16.1. The maximum absolute atomic E-state index is 12.5. The monoisotopic (exact) mass is 301 g/mol. The standard InChI is InChI=1S/C16H23N5O/c1-11-5-7-13(8-6-11)15(21(3)4)16(22)17-10-9-14-18-12(2)19-20-14/h5-8,15H,9-10H2,1-4H3,(H,17,22)(H,18,19,20)/t15-/m1/s1. The van der Waals surface area contributed by atoms with Crippen molar-refractivity contribution in [2.75, 3.05) is 20.6 Å². The number of carbonyl (C=O) groups is 1. The van der Waals surface area contributed by atoms with E-state index in [0.717, 1.165) is 17.2 Å². The number of aromatic nitrogens is 3. The second-order valence-corrected chi connectivity index (χ2v) is 5.65. The van der Waals surface area contributed by atoms with E-state index >= 15 is 0 Å². The Hall–Kier alpha value is -2.21. The fraction of sp³-hybridized carbons (Fsp3) is 0.438. The average Bonchev–Trinajstić information content (AvgIpc) is 2.86. The average molecular weight is 301 g/mol. The molecule has 0 saturated heterocycles. The topological polar surface area (TPSA) is 73.9 Å². The van der Waals surface area contributed by atoms with Gasteiger partial charge in [0, 0.05) is 13.0 Å². The van der Waals surface area contributed by atoms with Crippen molar-refractivity contribution in [3.8, 4) is 0 Å². The van der Waals surface area contributed by atoms with Gasteiger partial charge in [0.25, 0.3) is 0 Å². The molecule has 0 saturated carbocycles. The summed E-state index contributed by atoms with van der Waals surface area (Å²) in [6.45, 7) is 4.41. The van der Waals surface area contributed by atoms with E-state index in [9.17, 15) is 4.79 Å². The Balaban J connectivity index is 1.96. The number of benzene rings is 1. The number of aromatic amines is 1. The number of hydrogen-bond acceptors (Lipinski definition) is 4. The Kier molecular flexibility index (Phi) is 5.27. The molecule has 0 radical (unpaired) electrons. The molecule has 1 aromatic carbocycles. The maximum atomic E-state index is 12.5. The molecule has 0 aliphatic carbocycles. The van der Waals surface area contributed by atoms with Gasteiger partial charge in [0.1, 0.15) is 11.9 Å². The zero-order valence-corrected chi connectivity index (χ0v) is 13.6. The highest BCUT2D eigenvalue weighted by molar-refractivity contribution is 5.83. The molecule has 0 aliphatic heterocycles. The van der Waals surface area contributed by atoms with Gasteiger partial charge in [-0.3, -0.25) is 14.8 Å². The van der Waals surface area contributed by atoms with Crippen LogP contribution in [0.15, 0.2) is 24.3 Å². The molecule has 6 heteroatoms. The molecule has 118 valence electrons. The molecule has 6 nitrogen and oxygen atoms in total. The van der Waals surface area contributed by atoms with Crippen LogP contribution in [0.1, 0.15) is 28.8 Å². The van der Waals surface area contributed by atoms with Gasteiger partial charge >= 0.3 is 0 Å². The Bertz CT molecular complexity index is 618. The molecule has 1 atom stereocenters. The third-order valence-electron chi connectivity index (χ3n) is 3.45. The number of nitrogens with zero attached hydrogens (tertiary/aromatic N) is 3. The minimum atomic E-state index is -0.297. The molecule has 2 N–H and O–H groups in total. The van der Waals surface area contributed by atoms with Gasteiger partial charge < -0.3 is 5.32 Å². The van der Waals surface area contributed by atoms with Crippen LogP contribution in [-0.4, -0.2) is 46.6 Å². The summed E-state index contributed by atoms with van der Waals surface area (Å²) in [4.78, 5) is 18.6. The van der Waals surface area contributed by atoms with Crippen LogP contribution in [-0.2, 0) is 11.2 Å². The largest absolute Gasteiger partial charge is 0.354 e. The van der Waals surface area contributed by atoms with Crippen LogP contribution in [0.25, 0.3) is 0 Å². The molecular weight excluding hydrogens is 278 g/mol. The molecule has 0 unspecified atom stereocenters. The van der Waals surface area contributed by atoms with Crippen molar-refractivity contribution in [2.45, 2.75) is 26.3 Å². The number of carbonyl (C=O) groups excluding carboxylic acids is 1. The van der Waals surface area contributed by atoms with Crippen molar-refractivity contribution in [1.82, 2.24) is 25.4 Å². The van der Waals surface area contributed by atoms with E-state index < -0.39 is 0 Å². The van der Waals surface area contributed by atoms with Gasteiger partial charge in [-0.25, -0.2) is 4.98 Å². The number of likely N-dealkylation sites (N-methyl/N-ethyl adjacent to an activating group) is 1. The van der Waals surface area contributed by atoms with Crippen LogP contribution >= 0.6 is 0 Å². The van der Waals surface area contributed by atoms with Crippen LogP contribution in [0.5, 0.6) is 0 Å². The molecule has 1 amide bonds. The van der Waals surface area contributed by atoms with E-state index in [1.54, 1.807) is 0 Å². The molecule has 1 heterocycles. The lowest BCUT2D eigenvalue weighted by atomic mass is 10.0. The van der Waals surface area contributed by atoms with E-state index in [1.807, 2.05) is 57.1 Å². The molecule has 1 aromatic heterocycles. The fourth-order valence-corrected chi connectivity index (χ4v) is 2.33. The van der Waals surface area contributed by atoms with Crippen molar-refractivity contribution < 1.29 is 4.79 Å². The van der Waals surface area contributed by atoms with Crippen LogP contribution in [0.2, 0.25) is 0 Å². The summed E-state index contributed by atoms with van der Waals surface area (Å²) in [7, 11) is 3.81. The summed E-state index contributed by atoms with van der Waals surface area (Å²) in [6.07, 6.45) is 0.615. The lowest BCUT2D eigenvalue weighted by Crippen LogP contribution is -2.38. The van der Waals surface area contributed by atoms with Gasteiger partial charge in [-0.2, -0.15) is 5.10 Å². The summed E-state index contributed by atoms with van der Waals surface area (Å²) in [6, 6.07) is 7.75. The van der Waals surface area contributed by atoms with Gasteiger partial charge in [-0.1, -0.05) is 29.8 Å². The van der Waals surface area contributed by atoms with Crippen LogP contribution in [0.4, 0.5) is 0 Å². The molecule has 0 fully saturated rings. The minimum Gasteiger partial charge on any atom is -0.354 e. The lowest BCUT2D eigenvalue weighted by molar-refractivity contribution is -0.125. The van der Waals surface area contributed by atoms with Crippen molar-refractivity contribution in [2.24, 2.45) is 0 Å². The summed E-state index contributed by atoms with van der Waals surface area (Å²) in [5.74, 6) is 1.49. The molecule has 2 rings (SSSR count). The van der Waals surface area contributed by atoms with Crippen LogP contribution < -0.4 is 5.32 Å². The van der Waals surface area contributed by atoms with Crippen LogP contribution in [0, 0.1) is 13.8 Å². The minimum absolute atomic E-state index is 0.0129. The summed E-state index contributed by atoms with van der Waals surface area (Å²) in [5.41, 5.74) is 2.17. The highest BCUT2D eigenvalue weighted by Gasteiger charge is 2.22. The van der Waals surface area contributed by atoms with Gasteiger partial charge in [0.2, 0.25) is 5.91 Å². The van der Waals surface area contributed by atoms with Gasteiger partial charge in [0.15, 0.2) is 5.82 Å². The third-order valence-corrected chi connectivity index (χ3v) is 3.45. The lowest BCUT2D eigenvalue weighted by Gasteiger charge is -2.24. The number of aryl methyl sites for hydroxylation is 2. The second-order valence-electron chi connectivity index (χ2n) is 5.65. The highest BCUT2D eigenvalue weighted by atomic mass is 16.2. The first-order chi connectivity index (χ1) is 10.5. The normalized spacial score (nSPS) is 12.4. The second kappa shape index (κ2) is 7.17. The smallest absolute Gasteiger partial charge is 0.241 e. The number of H-pyrrole nitrogens is 1. The number of amides is 1. The third kappa shape index (κ3) is 4.14. The first-order valence-electron chi connectivity index (χ1n) is 7.36. The predicted octanol–water partition coefficient (Wildman–Crippen LogP) is 1.38. The predicted molar refractivity (Wildman–Crippen MR) is 85.4 cm³/mol. The quantitative estimate of drug-likeness (QED) is 0.845. The van der Waals surface area contributed by atoms with E-state index in [4.69, 9.17) is 0 Å². The Morgan fingerprint density at radius 3 is 2.50 bits per heavy atom. The van der Waals surface area contributed by atoms with E-state index in [0.29, 0.717) is 13.0 Å². The molecular formula is C16H23N5O. The van der Waals surface area contributed by atoms with Crippen molar-refractivity contribution in [3.05, 3.63) is 47.0 Å². The zero-order valence-electron chi connectivity index (χ0n) is 13.6. The SMILES string of the molecule is Cc1ccc([C@H](C(=O)NCCc2n[nH]c(C)n2)N(C)C)cc1. The summed E-state index contributed by atoms with van der Waals surface area (Å²) < 4.78 is 0. The van der Waals surface area contributed by atoms with Crippen molar-refractivity contribution >= 4 is 5.91 Å². The highest BCUT2D eigenvalue weighted by Crippen LogP contribution is 2.18. The summed E-state index contributed by atoms with van der Waals surface area (Å²) in [5, 5.41) is 9.82. The Morgan fingerprint density at radius 1 is 1.27 bits per heavy atom. The molecule has 2 aromatic rings. The Morgan fingerprint density at radius 2 is 1.95 bits per heavy atom. The number of hydrogen-bond donors (Lipinski definition) is 2. The molecule has 0 spiro atoms. The van der Waals surface area contributed by atoms with Gasteiger partial charge in [-0.05, 0) is 33.5 Å². The van der Waals surface area contributed by atoms with Gasteiger partial charge in [-0.15, -0.1) is 0 Å². The van der Waals surface area contributed by atoms with E-state index in [1.165, 1.54) is 5.56 Å². The first kappa shape index (κ1) is 16.2.